The van der Waals surface area contributed by atoms with Crippen molar-refractivity contribution in [2.75, 3.05) is 5.73 Å². The molecule has 0 unspecified atom stereocenters. The lowest BCUT2D eigenvalue weighted by atomic mass is 10.0. The molecule has 0 aliphatic rings. The third-order valence-electron chi connectivity index (χ3n) is 2.82. The normalized spacial score (nSPS) is 12.8. The van der Waals surface area contributed by atoms with E-state index in [1.165, 1.54) is 6.07 Å². The monoisotopic (exact) mass is 317 g/mol. The first-order valence-electron chi connectivity index (χ1n) is 5.29. The summed E-state index contributed by atoms with van der Waals surface area (Å²) >= 11 is 0. The number of anilines is 1. The van der Waals surface area contributed by atoms with E-state index in [4.69, 9.17) is 14.8 Å². The third-order valence-corrected chi connectivity index (χ3v) is 4.48. The molecule has 2 rings (SSSR count). The number of nitrogens with two attached hydrogens (primary N) is 1. The molecule has 2 aromatic rings. The van der Waals surface area contributed by atoms with E-state index in [0.29, 0.717) is 10.9 Å². The maximum Gasteiger partial charge on any atom is 0.294 e. The van der Waals surface area contributed by atoms with Crippen LogP contribution in [-0.2, 0) is 20.2 Å². The van der Waals surface area contributed by atoms with Gasteiger partial charge in [0, 0.05) is 11.1 Å². The summed E-state index contributed by atoms with van der Waals surface area (Å²) in [7, 11) is -8.90. The minimum Gasteiger partial charge on any atom is -0.398 e. The van der Waals surface area contributed by atoms with Crippen LogP contribution in [0.2, 0.25) is 0 Å². The maximum atomic E-state index is 11.2. The van der Waals surface area contributed by atoms with Crippen molar-refractivity contribution in [2.24, 2.45) is 0 Å². The minimum atomic E-state index is -4.47. The van der Waals surface area contributed by atoms with Gasteiger partial charge >= 0.3 is 0 Å². The highest BCUT2D eigenvalue weighted by molar-refractivity contribution is 7.86. The molecule has 9 heteroatoms. The Morgan fingerprint density at radius 3 is 1.80 bits per heavy atom. The Morgan fingerprint density at radius 1 is 0.900 bits per heavy atom. The highest BCUT2D eigenvalue weighted by Gasteiger charge is 2.17. The summed E-state index contributed by atoms with van der Waals surface area (Å²) in [5.74, 6) is 0. The highest BCUT2D eigenvalue weighted by Crippen LogP contribution is 2.30. The smallest absolute Gasteiger partial charge is 0.294 e. The van der Waals surface area contributed by atoms with Gasteiger partial charge in [0.05, 0.1) is 9.79 Å². The Morgan fingerprint density at radius 2 is 1.35 bits per heavy atom. The maximum absolute atomic E-state index is 11.2. The summed E-state index contributed by atoms with van der Waals surface area (Å²) in [5.41, 5.74) is 6.26. The Bertz CT molecular complexity index is 843. The molecule has 0 saturated carbocycles. The van der Waals surface area contributed by atoms with E-state index in [1.54, 1.807) is 6.92 Å². The fourth-order valence-electron chi connectivity index (χ4n) is 2.01. The molecule has 2 aromatic carbocycles. The molecule has 0 saturated heterocycles. The molecule has 7 nitrogen and oxygen atoms in total. The SMILES string of the molecule is Cc1cc(S(=O)(=O)O)cc2cc(S(=O)(=O)O)cc(N)c12. The van der Waals surface area contributed by atoms with E-state index in [9.17, 15) is 16.8 Å². The summed E-state index contributed by atoms with van der Waals surface area (Å²) in [5, 5.41) is 0.634. The quantitative estimate of drug-likeness (QED) is 0.560. The molecule has 0 aliphatic carbocycles. The molecule has 0 radical (unpaired) electrons. The van der Waals surface area contributed by atoms with Crippen LogP contribution in [0.1, 0.15) is 5.56 Å². The number of rotatable bonds is 2. The fourth-order valence-corrected chi connectivity index (χ4v) is 3.16. The molecule has 0 spiro atoms. The summed E-state index contributed by atoms with van der Waals surface area (Å²) in [6.07, 6.45) is 0. The molecule has 0 heterocycles. The number of aryl methyl sites for hydroxylation is 1. The first kappa shape index (κ1) is 14.7. The zero-order valence-electron chi connectivity index (χ0n) is 10.2. The van der Waals surface area contributed by atoms with Crippen molar-refractivity contribution >= 4 is 36.7 Å². The van der Waals surface area contributed by atoms with E-state index >= 15 is 0 Å². The zero-order valence-corrected chi connectivity index (χ0v) is 11.9. The largest absolute Gasteiger partial charge is 0.398 e. The van der Waals surface area contributed by atoms with Gasteiger partial charge in [-0.25, -0.2) is 0 Å². The number of benzene rings is 2. The van der Waals surface area contributed by atoms with Gasteiger partial charge in [-0.1, -0.05) is 0 Å². The summed E-state index contributed by atoms with van der Waals surface area (Å²) in [4.78, 5) is -0.830. The van der Waals surface area contributed by atoms with Crippen LogP contribution in [-0.4, -0.2) is 25.9 Å². The van der Waals surface area contributed by atoms with Crippen molar-refractivity contribution in [2.45, 2.75) is 16.7 Å². The molecule has 0 bridgehead atoms. The molecule has 0 aromatic heterocycles. The molecular weight excluding hydrogens is 306 g/mol. The first-order chi connectivity index (χ1) is 9.00. The number of hydrogen-bond acceptors (Lipinski definition) is 5. The highest BCUT2D eigenvalue weighted by atomic mass is 32.2. The molecular formula is C11H11NO6S2. The van der Waals surface area contributed by atoms with E-state index in [2.05, 4.69) is 0 Å². The fraction of sp³-hybridized carbons (Fsp3) is 0.0909. The molecule has 0 fully saturated rings. The second kappa shape index (κ2) is 4.42. The molecule has 0 amide bonds. The Kier molecular flexibility index (Phi) is 3.25. The molecule has 20 heavy (non-hydrogen) atoms. The standard InChI is InChI=1S/C11H11NO6S2/c1-6-2-8(19(13,14)15)3-7-4-9(20(16,17)18)5-10(12)11(6)7/h2-5H,12H2,1H3,(H,13,14,15)(H,16,17,18). The van der Waals surface area contributed by atoms with Crippen LogP contribution in [0.5, 0.6) is 0 Å². The Labute approximate surface area is 115 Å². The van der Waals surface area contributed by atoms with E-state index in [1.807, 2.05) is 0 Å². The molecule has 0 aliphatic heterocycles. The van der Waals surface area contributed by atoms with Gasteiger partial charge in [0.2, 0.25) is 0 Å². The van der Waals surface area contributed by atoms with Gasteiger partial charge in [0.1, 0.15) is 0 Å². The number of nitrogen functional groups attached to an aromatic ring is 1. The van der Waals surface area contributed by atoms with Crippen molar-refractivity contribution in [1.29, 1.82) is 0 Å². The van der Waals surface area contributed by atoms with Gasteiger partial charge < -0.3 is 5.73 Å². The van der Waals surface area contributed by atoms with Gasteiger partial charge in [-0.3, -0.25) is 9.11 Å². The van der Waals surface area contributed by atoms with Gasteiger partial charge in [-0.05, 0) is 42.1 Å². The van der Waals surface area contributed by atoms with E-state index in [0.717, 1.165) is 18.2 Å². The van der Waals surface area contributed by atoms with Crippen molar-refractivity contribution < 1.29 is 25.9 Å². The summed E-state index contributed by atoms with van der Waals surface area (Å²) in [6.45, 7) is 1.57. The predicted octanol–water partition coefficient (Wildman–Crippen LogP) is 1.22. The van der Waals surface area contributed by atoms with E-state index < -0.39 is 25.1 Å². The summed E-state index contributed by atoms with van der Waals surface area (Å²) in [6, 6.07) is 4.48. The number of hydrogen-bond donors (Lipinski definition) is 3. The van der Waals surface area contributed by atoms with Crippen LogP contribution >= 0.6 is 0 Å². The van der Waals surface area contributed by atoms with Crippen LogP contribution in [0.25, 0.3) is 10.8 Å². The summed E-state index contributed by atoms with van der Waals surface area (Å²) < 4.78 is 62.6. The van der Waals surface area contributed by atoms with E-state index in [-0.39, 0.29) is 16.0 Å². The van der Waals surface area contributed by atoms with Gasteiger partial charge in [-0.2, -0.15) is 16.8 Å². The van der Waals surface area contributed by atoms with Gasteiger partial charge in [0.25, 0.3) is 20.2 Å². The number of fused-ring (bicyclic) bond motifs is 1. The predicted molar refractivity (Wildman–Crippen MR) is 72.7 cm³/mol. The van der Waals surface area contributed by atoms with Crippen LogP contribution in [0.15, 0.2) is 34.1 Å². The second-order valence-electron chi connectivity index (χ2n) is 4.30. The third kappa shape index (κ3) is 2.61. The average molecular weight is 317 g/mol. The van der Waals surface area contributed by atoms with Crippen LogP contribution in [0.4, 0.5) is 5.69 Å². The van der Waals surface area contributed by atoms with Crippen LogP contribution in [0.3, 0.4) is 0 Å². The van der Waals surface area contributed by atoms with Crippen LogP contribution in [0, 0.1) is 6.92 Å². The van der Waals surface area contributed by atoms with Gasteiger partial charge in [-0.15, -0.1) is 0 Å². The molecule has 108 valence electrons. The van der Waals surface area contributed by atoms with Crippen molar-refractivity contribution in [3.05, 3.63) is 29.8 Å². The lowest BCUT2D eigenvalue weighted by Gasteiger charge is -2.10. The lowest BCUT2D eigenvalue weighted by molar-refractivity contribution is 0.481. The zero-order chi connectivity index (χ0) is 15.3. The van der Waals surface area contributed by atoms with Gasteiger partial charge in [0.15, 0.2) is 0 Å². The topological polar surface area (TPSA) is 135 Å². The first-order valence-corrected chi connectivity index (χ1v) is 8.17. The second-order valence-corrected chi connectivity index (χ2v) is 7.14. The Hall–Kier alpha value is -1.68. The van der Waals surface area contributed by atoms with Crippen molar-refractivity contribution in [3.63, 3.8) is 0 Å². The van der Waals surface area contributed by atoms with Crippen molar-refractivity contribution in [1.82, 2.24) is 0 Å². The lowest BCUT2D eigenvalue weighted by Crippen LogP contribution is -2.03. The minimum absolute atomic E-state index is 0.0783. The molecule has 4 N–H and O–H groups in total. The Balaban J connectivity index is 2.95. The average Bonchev–Trinajstić information content (AvgIpc) is 2.25. The van der Waals surface area contributed by atoms with Crippen LogP contribution < -0.4 is 5.73 Å². The molecule has 0 atom stereocenters. The van der Waals surface area contributed by atoms with Crippen molar-refractivity contribution in [3.8, 4) is 0 Å².